The van der Waals surface area contributed by atoms with Crippen molar-refractivity contribution in [3.8, 4) is 5.75 Å². The second-order valence-corrected chi connectivity index (χ2v) is 4.41. The van der Waals surface area contributed by atoms with Crippen LogP contribution in [0.2, 0.25) is 0 Å². The molecule has 0 saturated heterocycles. The van der Waals surface area contributed by atoms with Gasteiger partial charge in [0.25, 0.3) is 11.6 Å². The number of hydrogen-bond donors (Lipinski definition) is 2. The number of carbonyl (C=O) groups is 1. The van der Waals surface area contributed by atoms with E-state index >= 15 is 0 Å². The minimum Gasteiger partial charge on any atom is -0.507 e. The smallest absolute Gasteiger partial charge is 0.276 e. The number of benzene rings is 2. The fourth-order valence-corrected chi connectivity index (χ4v) is 1.81. The molecule has 0 aliphatic heterocycles. The van der Waals surface area contributed by atoms with Crippen LogP contribution >= 0.6 is 0 Å². The zero-order chi connectivity index (χ0) is 16.7. The van der Waals surface area contributed by atoms with Gasteiger partial charge in [0.05, 0.1) is 16.1 Å². The zero-order valence-corrected chi connectivity index (χ0v) is 11.9. The number of allylic oxidation sites excluding steroid dienone is 1. The Morgan fingerprint density at radius 2 is 1.87 bits per heavy atom. The molecule has 0 heterocycles. The summed E-state index contributed by atoms with van der Waals surface area (Å²) in [5.41, 5.74) is 2.76. The molecule has 0 spiro atoms. The molecule has 0 aliphatic carbocycles. The molecule has 23 heavy (non-hydrogen) atoms. The molecule has 2 rings (SSSR count). The summed E-state index contributed by atoms with van der Waals surface area (Å²) in [5.74, 6) is -0.700. The number of nitrogens with zero attached hydrogens (tertiary/aromatic N) is 2. The van der Waals surface area contributed by atoms with Crippen LogP contribution in [0.15, 0.2) is 59.7 Å². The Kier molecular flexibility index (Phi) is 5.19. The summed E-state index contributed by atoms with van der Waals surface area (Å²) >= 11 is 0. The van der Waals surface area contributed by atoms with Gasteiger partial charge < -0.3 is 5.11 Å². The van der Waals surface area contributed by atoms with Gasteiger partial charge in [0.15, 0.2) is 0 Å². The van der Waals surface area contributed by atoms with Gasteiger partial charge >= 0.3 is 0 Å². The maximum Gasteiger partial charge on any atom is 0.276 e. The van der Waals surface area contributed by atoms with E-state index in [4.69, 9.17) is 0 Å². The highest BCUT2D eigenvalue weighted by molar-refractivity contribution is 5.97. The molecule has 116 valence electrons. The van der Waals surface area contributed by atoms with Crippen molar-refractivity contribution in [2.45, 2.75) is 0 Å². The van der Waals surface area contributed by atoms with Crippen molar-refractivity contribution < 1.29 is 14.8 Å². The van der Waals surface area contributed by atoms with Gasteiger partial charge in [-0.15, -0.1) is 0 Å². The molecular weight excluding hydrogens is 298 g/mol. The Balaban J connectivity index is 1.99. The second-order valence-electron chi connectivity index (χ2n) is 4.41. The Morgan fingerprint density at radius 1 is 1.17 bits per heavy atom. The summed E-state index contributed by atoms with van der Waals surface area (Å²) in [7, 11) is 0. The number of carbonyl (C=O) groups excluding carboxylic acids is 1. The first-order chi connectivity index (χ1) is 11.1. The van der Waals surface area contributed by atoms with Crippen molar-refractivity contribution in [1.29, 1.82) is 0 Å². The van der Waals surface area contributed by atoms with E-state index in [0.717, 1.165) is 0 Å². The van der Waals surface area contributed by atoms with Gasteiger partial charge in [-0.3, -0.25) is 14.9 Å². The standard InChI is InChI=1S/C16H13N3O4/c20-15-10-4-2-8-13(15)16(21)18-17-11-5-7-12-6-1-3-9-14(12)19(22)23/h1-11,20H,(H,18,21)/b7-5+,17-11-. The largest absolute Gasteiger partial charge is 0.507 e. The molecule has 1 amide bonds. The number of nitro benzene ring substituents is 1. The van der Waals surface area contributed by atoms with E-state index in [1.165, 1.54) is 36.6 Å². The molecular formula is C16H13N3O4. The van der Waals surface area contributed by atoms with E-state index in [2.05, 4.69) is 10.5 Å². The number of para-hydroxylation sites is 2. The number of nitro groups is 1. The van der Waals surface area contributed by atoms with Gasteiger partial charge in [-0.2, -0.15) is 5.10 Å². The van der Waals surface area contributed by atoms with Gasteiger partial charge in [-0.05, 0) is 30.4 Å². The predicted molar refractivity (Wildman–Crippen MR) is 86.2 cm³/mol. The number of amides is 1. The van der Waals surface area contributed by atoms with Crippen LogP contribution in [-0.2, 0) is 0 Å². The average molecular weight is 311 g/mol. The van der Waals surface area contributed by atoms with Gasteiger partial charge in [-0.25, -0.2) is 5.43 Å². The van der Waals surface area contributed by atoms with E-state index in [1.54, 1.807) is 30.3 Å². The highest BCUT2D eigenvalue weighted by Crippen LogP contribution is 2.18. The van der Waals surface area contributed by atoms with E-state index in [9.17, 15) is 20.0 Å². The van der Waals surface area contributed by atoms with Crippen LogP contribution in [0.4, 0.5) is 5.69 Å². The monoisotopic (exact) mass is 311 g/mol. The molecule has 2 aromatic carbocycles. The average Bonchev–Trinajstić information content (AvgIpc) is 2.55. The summed E-state index contributed by atoms with van der Waals surface area (Å²) in [4.78, 5) is 22.1. The number of hydrazone groups is 1. The molecule has 0 atom stereocenters. The third-order valence-electron chi connectivity index (χ3n) is 2.88. The topological polar surface area (TPSA) is 105 Å². The number of phenols is 1. The fourth-order valence-electron chi connectivity index (χ4n) is 1.81. The Labute approximate surface area is 131 Å². The number of nitrogens with one attached hydrogen (secondary N) is 1. The maximum absolute atomic E-state index is 11.7. The highest BCUT2D eigenvalue weighted by atomic mass is 16.6. The molecule has 0 saturated carbocycles. The van der Waals surface area contributed by atoms with Crippen molar-refractivity contribution in [2.75, 3.05) is 0 Å². The fraction of sp³-hybridized carbons (Fsp3) is 0. The van der Waals surface area contributed by atoms with Crippen molar-refractivity contribution >= 4 is 23.9 Å². The van der Waals surface area contributed by atoms with Gasteiger partial charge in [0.1, 0.15) is 5.75 Å². The first-order valence-corrected chi connectivity index (χ1v) is 6.61. The van der Waals surface area contributed by atoms with Gasteiger partial charge in [0.2, 0.25) is 0 Å². The van der Waals surface area contributed by atoms with Crippen molar-refractivity contribution in [3.63, 3.8) is 0 Å². The van der Waals surface area contributed by atoms with Crippen molar-refractivity contribution in [3.05, 3.63) is 75.8 Å². The molecule has 7 nitrogen and oxygen atoms in total. The summed E-state index contributed by atoms with van der Waals surface area (Å²) in [6, 6.07) is 12.3. The molecule has 2 N–H and O–H groups in total. The normalized spacial score (nSPS) is 11.0. The first-order valence-electron chi connectivity index (χ1n) is 6.61. The SMILES string of the molecule is O=C(N/N=C\C=C\c1ccccc1[N+](=O)[O-])c1ccccc1O. The molecule has 7 heteroatoms. The molecule has 0 aliphatic rings. The quantitative estimate of drug-likeness (QED) is 0.503. The lowest BCUT2D eigenvalue weighted by atomic mass is 10.1. The van der Waals surface area contributed by atoms with Gasteiger partial charge in [0, 0.05) is 12.3 Å². The van der Waals surface area contributed by atoms with Crippen LogP contribution in [0.5, 0.6) is 5.75 Å². The first kappa shape index (κ1) is 15.9. The lowest BCUT2D eigenvalue weighted by molar-refractivity contribution is -0.385. The Hall–Kier alpha value is -3.48. The van der Waals surface area contributed by atoms with E-state index < -0.39 is 10.8 Å². The van der Waals surface area contributed by atoms with E-state index in [1.807, 2.05) is 0 Å². The van der Waals surface area contributed by atoms with Crippen LogP contribution in [0.25, 0.3) is 6.08 Å². The number of aromatic hydroxyl groups is 1. The predicted octanol–water partition coefficient (Wildman–Crippen LogP) is 2.73. The van der Waals surface area contributed by atoms with Crippen LogP contribution in [-0.4, -0.2) is 22.2 Å². The summed E-state index contributed by atoms with van der Waals surface area (Å²) in [5, 5.41) is 24.1. The molecule has 0 radical (unpaired) electrons. The zero-order valence-electron chi connectivity index (χ0n) is 11.9. The van der Waals surface area contributed by atoms with E-state index in [0.29, 0.717) is 5.56 Å². The van der Waals surface area contributed by atoms with Crippen LogP contribution in [0, 0.1) is 10.1 Å². The van der Waals surface area contributed by atoms with Crippen LogP contribution in [0.3, 0.4) is 0 Å². The van der Waals surface area contributed by atoms with Crippen LogP contribution < -0.4 is 5.43 Å². The van der Waals surface area contributed by atoms with Gasteiger partial charge in [-0.1, -0.05) is 24.3 Å². The van der Waals surface area contributed by atoms with E-state index in [-0.39, 0.29) is 17.0 Å². The van der Waals surface area contributed by atoms with Crippen molar-refractivity contribution in [1.82, 2.24) is 5.43 Å². The molecule has 0 bridgehead atoms. The lowest BCUT2D eigenvalue weighted by Gasteiger charge is -2.01. The lowest BCUT2D eigenvalue weighted by Crippen LogP contribution is -2.17. The second kappa shape index (κ2) is 7.51. The maximum atomic E-state index is 11.7. The molecule has 0 unspecified atom stereocenters. The summed E-state index contributed by atoms with van der Waals surface area (Å²) < 4.78 is 0. The molecule has 0 fully saturated rings. The van der Waals surface area contributed by atoms with Crippen molar-refractivity contribution in [2.24, 2.45) is 5.10 Å². The molecule has 2 aromatic rings. The number of hydrogen-bond acceptors (Lipinski definition) is 5. The minimum atomic E-state index is -0.557. The third-order valence-corrected chi connectivity index (χ3v) is 2.88. The highest BCUT2D eigenvalue weighted by Gasteiger charge is 2.09. The minimum absolute atomic E-state index is 0.0182. The number of rotatable bonds is 5. The summed E-state index contributed by atoms with van der Waals surface area (Å²) in [6.45, 7) is 0. The Morgan fingerprint density at radius 3 is 2.61 bits per heavy atom. The Bertz CT molecular complexity index is 784. The summed E-state index contributed by atoms with van der Waals surface area (Å²) in [6.07, 6.45) is 4.26. The molecule has 0 aromatic heterocycles. The third kappa shape index (κ3) is 4.24. The number of phenolic OH excluding ortho intramolecular Hbond substituents is 1. The van der Waals surface area contributed by atoms with Crippen LogP contribution in [0.1, 0.15) is 15.9 Å².